The van der Waals surface area contributed by atoms with E-state index in [-0.39, 0.29) is 49.0 Å². The Morgan fingerprint density at radius 1 is 1.09 bits per heavy atom. The van der Waals surface area contributed by atoms with E-state index in [0.29, 0.717) is 0 Å². The van der Waals surface area contributed by atoms with Crippen LogP contribution in [0.2, 0.25) is 15.1 Å². The van der Waals surface area contributed by atoms with Crippen LogP contribution in [0.15, 0.2) is 70.9 Å². The molecule has 1 aromatic heterocycles. The number of nitrogens with zero attached hydrogens (tertiary/aromatic N) is 3. The Bertz CT molecular complexity index is 1300. The van der Waals surface area contributed by atoms with Crippen molar-refractivity contribution in [3.8, 4) is 0 Å². The fraction of sp³-hybridized carbons (Fsp3) is 0.174. The van der Waals surface area contributed by atoms with E-state index < -0.39 is 24.4 Å². The van der Waals surface area contributed by atoms with Gasteiger partial charge in [-0.2, -0.15) is 13.2 Å². The van der Waals surface area contributed by atoms with E-state index >= 15 is 0 Å². The van der Waals surface area contributed by atoms with Crippen LogP contribution in [0, 0.1) is 0 Å². The fourth-order valence-corrected chi connectivity index (χ4v) is 4.35. The number of hydrogen-bond donors (Lipinski definition) is 2. The Balaban J connectivity index is 1.62. The largest absolute Gasteiger partial charge is 0.435 e. The monoisotopic (exact) mass is 542 g/mol. The van der Waals surface area contributed by atoms with Crippen molar-refractivity contribution < 1.29 is 23.1 Å². The molecule has 2 unspecified atom stereocenters. The maximum absolute atomic E-state index is 14.2. The molecule has 1 aliphatic heterocycles. The summed E-state index contributed by atoms with van der Waals surface area (Å²) in [6, 6.07) is 12.9. The van der Waals surface area contributed by atoms with E-state index in [1.807, 2.05) is 0 Å². The maximum atomic E-state index is 14.2. The minimum Gasteiger partial charge on any atom is -0.383 e. The first kappa shape index (κ1) is 25.2. The molecule has 2 heterocycles. The summed E-state index contributed by atoms with van der Waals surface area (Å²) in [5, 5.41) is 14.1. The van der Waals surface area contributed by atoms with Crippen LogP contribution >= 0.6 is 34.8 Å². The summed E-state index contributed by atoms with van der Waals surface area (Å²) in [6.45, 7) is 0. The van der Waals surface area contributed by atoms with Gasteiger partial charge in [0, 0.05) is 39.4 Å². The average molecular weight is 544 g/mol. The third-order valence-electron chi connectivity index (χ3n) is 5.31. The molecule has 2 atom stereocenters. The number of oxime groups is 1. The molecule has 0 saturated carbocycles. The number of aliphatic imine (C=N–C) groups is 1. The number of halogens is 6. The summed E-state index contributed by atoms with van der Waals surface area (Å²) < 4.78 is 42.6. The van der Waals surface area contributed by atoms with Crippen LogP contribution in [0.1, 0.15) is 35.0 Å². The van der Waals surface area contributed by atoms with Crippen LogP contribution in [0.5, 0.6) is 0 Å². The van der Waals surface area contributed by atoms with Gasteiger partial charge in [-0.05, 0) is 42.5 Å². The van der Waals surface area contributed by atoms with Crippen LogP contribution in [-0.2, 0) is 10.4 Å². The molecule has 6 nitrogen and oxygen atoms in total. The van der Waals surface area contributed by atoms with Gasteiger partial charge >= 0.3 is 6.18 Å². The van der Waals surface area contributed by atoms with Crippen molar-refractivity contribution >= 4 is 46.4 Å². The number of pyridine rings is 1. The first-order valence-electron chi connectivity index (χ1n) is 10.0. The van der Waals surface area contributed by atoms with Crippen molar-refractivity contribution in [1.29, 1.82) is 0 Å². The molecule has 0 radical (unpaired) electrons. The molecule has 0 spiro atoms. The number of rotatable bonds is 5. The van der Waals surface area contributed by atoms with Gasteiger partial charge in [0.25, 0.3) is 5.60 Å². The zero-order valence-electron chi connectivity index (χ0n) is 17.6. The van der Waals surface area contributed by atoms with Crippen molar-refractivity contribution in [2.24, 2.45) is 15.9 Å². The molecule has 35 heavy (non-hydrogen) atoms. The molecular weight excluding hydrogens is 528 g/mol. The van der Waals surface area contributed by atoms with Crippen molar-refractivity contribution in [2.75, 3.05) is 0 Å². The lowest BCUT2D eigenvalue weighted by atomic mass is 9.86. The van der Waals surface area contributed by atoms with Gasteiger partial charge in [-0.15, -0.1) is 0 Å². The van der Waals surface area contributed by atoms with Crippen molar-refractivity contribution in [2.45, 2.75) is 24.4 Å². The van der Waals surface area contributed by atoms with Crippen LogP contribution < -0.4 is 5.73 Å². The normalized spacial score (nSPS) is 19.3. The highest BCUT2D eigenvalue weighted by molar-refractivity contribution is 6.35. The second kappa shape index (κ2) is 9.66. The van der Waals surface area contributed by atoms with E-state index in [4.69, 9.17) is 45.4 Å². The van der Waals surface area contributed by atoms with Crippen LogP contribution in [0.4, 0.5) is 13.2 Å². The minimum atomic E-state index is -4.82. The van der Waals surface area contributed by atoms with Crippen LogP contribution in [0.3, 0.4) is 0 Å². The molecule has 3 N–H and O–H groups in total. The number of aromatic nitrogens is 1. The minimum absolute atomic E-state index is 0.0101. The standard InChI is InChI=1S/C23H16Cl3F3N4O2/c24-14-8-13(9-15(25)10-14)22(23(27,28)29)11-19(33-35-22)12-4-5-16(17(26)7-12)20(30)32-21(34)18-3-1-2-6-31-18/h1-10,21,34H,11H2,(H2,30,32). The summed E-state index contributed by atoms with van der Waals surface area (Å²) >= 11 is 18.2. The lowest BCUT2D eigenvalue weighted by molar-refractivity contribution is -0.275. The Kier molecular flexibility index (Phi) is 6.97. The van der Waals surface area contributed by atoms with Gasteiger partial charge in [0.15, 0.2) is 6.23 Å². The number of amidine groups is 1. The SMILES string of the molecule is NC(=NC(O)c1ccccn1)c1ccc(C2=NOC(c3cc(Cl)cc(Cl)c3)(C(F)(F)F)C2)cc1Cl. The van der Waals surface area contributed by atoms with E-state index in [1.54, 1.807) is 18.2 Å². The first-order chi connectivity index (χ1) is 16.5. The summed E-state index contributed by atoms with van der Waals surface area (Å²) in [5.74, 6) is -0.0810. The molecule has 4 rings (SSSR count). The lowest BCUT2D eigenvalue weighted by Gasteiger charge is -2.29. The molecule has 0 fully saturated rings. The first-order valence-corrected chi connectivity index (χ1v) is 11.1. The number of aliphatic hydroxyl groups excluding tert-OH is 1. The smallest absolute Gasteiger partial charge is 0.383 e. The quantitative estimate of drug-likeness (QED) is 0.304. The molecule has 182 valence electrons. The van der Waals surface area contributed by atoms with Crippen molar-refractivity contribution in [3.63, 3.8) is 0 Å². The third kappa shape index (κ3) is 5.08. The fourth-order valence-electron chi connectivity index (χ4n) is 3.54. The van der Waals surface area contributed by atoms with Gasteiger partial charge in [-0.25, -0.2) is 4.99 Å². The van der Waals surface area contributed by atoms with Crippen molar-refractivity contribution in [3.05, 3.63) is 98.2 Å². The van der Waals surface area contributed by atoms with E-state index in [9.17, 15) is 18.3 Å². The van der Waals surface area contributed by atoms with Gasteiger partial charge in [-0.3, -0.25) is 4.98 Å². The molecule has 3 aromatic rings. The Morgan fingerprint density at radius 3 is 2.40 bits per heavy atom. The molecule has 0 bridgehead atoms. The lowest BCUT2D eigenvalue weighted by Crippen LogP contribution is -2.42. The van der Waals surface area contributed by atoms with Gasteiger partial charge in [0.1, 0.15) is 5.84 Å². The molecule has 0 aliphatic carbocycles. The summed E-state index contributed by atoms with van der Waals surface area (Å²) in [6.07, 6.45) is -5.29. The topological polar surface area (TPSA) is 93.1 Å². The summed E-state index contributed by atoms with van der Waals surface area (Å²) in [7, 11) is 0. The number of nitrogens with two attached hydrogens (primary N) is 1. The highest BCUT2D eigenvalue weighted by atomic mass is 35.5. The molecular formula is C23H16Cl3F3N4O2. The van der Waals surface area contributed by atoms with Gasteiger partial charge in [0.2, 0.25) is 0 Å². The predicted molar refractivity (Wildman–Crippen MR) is 128 cm³/mol. The summed E-state index contributed by atoms with van der Waals surface area (Å²) in [4.78, 5) is 13.0. The predicted octanol–water partition coefficient (Wildman–Crippen LogP) is 6.02. The zero-order valence-corrected chi connectivity index (χ0v) is 19.9. The molecule has 12 heteroatoms. The van der Waals surface area contributed by atoms with E-state index in [1.165, 1.54) is 30.5 Å². The van der Waals surface area contributed by atoms with Gasteiger partial charge in [0.05, 0.1) is 16.4 Å². The van der Waals surface area contributed by atoms with Gasteiger partial charge < -0.3 is 15.7 Å². The Labute approximate surface area is 212 Å². The van der Waals surface area contributed by atoms with Crippen LogP contribution in [-0.4, -0.2) is 27.8 Å². The molecule has 2 aromatic carbocycles. The van der Waals surface area contributed by atoms with Crippen molar-refractivity contribution in [1.82, 2.24) is 4.98 Å². The summed E-state index contributed by atoms with van der Waals surface area (Å²) in [5.41, 5.74) is 3.80. The Hall–Kier alpha value is -2.85. The van der Waals surface area contributed by atoms with Crippen LogP contribution in [0.25, 0.3) is 0 Å². The number of hydrogen-bond acceptors (Lipinski definition) is 5. The molecule has 1 aliphatic rings. The molecule has 0 amide bonds. The molecule has 0 saturated heterocycles. The second-order valence-electron chi connectivity index (χ2n) is 7.63. The maximum Gasteiger partial charge on any atom is 0.435 e. The van der Waals surface area contributed by atoms with E-state index in [2.05, 4.69) is 15.1 Å². The second-order valence-corrected chi connectivity index (χ2v) is 8.91. The number of benzene rings is 2. The Morgan fingerprint density at radius 2 is 1.80 bits per heavy atom. The van der Waals surface area contributed by atoms with E-state index in [0.717, 1.165) is 12.1 Å². The highest BCUT2D eigenvalue weighted by Gasteiger charge is 2.62. The number of aliphatic hydroxyl groups is 1. The zero-order chi connectivity index (χ0) is 25.4. The highest BCUT2D eigenvalue weighted by Crippen LogP contribution is 2.49. The average Bonchev–Trinajstić information content (AvgIpc) is 3.26. The van der Waals surface area contributed by atoms with Gasteiger partial charge in [-0.1, -0.05) is 52.1 Å². The third-order valence-corrected chi connectivity index (χ3v) is 6.06. The number of alkyl halides is 3.